The normalized spacial score (nSPS) is 10.8. The zero-order valence-corrected chi connectivity index (χ0v) is 15.8. The maximum atomic E-state index is 11.4. The van der Waals surface area contributed by atoms with Crippen LogP contribution in [0.4, 0.5) is 0 Å². The van der Waals surface area contributed by atoms with Crippen molar-refractivity contribution in [1.29, 1.82) is 5.26 Å². The number of carbonyl (C=O) groups is 1. The van der Waals surface area contributed by atoms with Gasteiger partial charge < -0.3 is 5.32 Å². The van der Waals surface area contributed by atoms with Gasteiger partial charge in [-0.2, -0.15) is 5.26 Å². The van der Waals surface area contributed by atoms with E-state index in [0.717, 1.165) is 12.8 Å². The molecule has 0 atom stereocenters. The Labute approximate surface area is 149 Å². The zero-order chi connectivity index (χ0) is 17.7. The van der Waals surface area contributed by atoms with Crippen molar-refractivity contribution in [2.75, 3.05) is 6.54 Å². The number of nitriles is 1. The van der Waals surface area contributed by atoms with Crippen molar-refractivity contribution >= 4 is 5.91 Å². The van der Waals surface area contributed by atoms with Gasteiger partial charge in [0.15, 0.2) is 0 Å². The summed E-state index contributed by atoms with van der Waals surface area (Å²) in [5.41, 5.74) is 0. The van der Waals surface area contributed by atoms with E-state index in [9.17, 15) is 4.79 Å². The molecular weight excluding hydrogens is 296 g/mol. The topological polar surface area (TPSA) is 52.9 Å². The lowest BCUT2D eigenvalue weighted by Crippen LogP contribution is -2.23. The van der Waals surface area contributed by atoms with Crippen LogP contribution in [-0.4, -0.2) is 12.5 Å². The van der Waals surface area contributed by atoms with Crippen LogP contribution in [0.25, 0.3) is 0 Å². The number of rotatable bonds is 17. The molecule has 0 rings (SSSR count). The average Bonchev–Trinajstić information content (AvgIpc) is 2.58. The molecule has 3 nitrogen and oxygen atoms in total. The van der Waals surface area contributed by atoms with Crippen molar-refractivity contribution < 1.29 is 4.79 Å². The number of allylic oxidation sites excluding steroid dienone is 2. The van der Waals surface area contributed by atoms with Crippen molar-refractivity contribution in [3.63, 3.8) is 0 Å². The standard InChI is InChI=1S/C21H38N2O/c1-2-3-4-5-6-7-8-9-10-11-12-13-14-15-16-18-21(24)23-20-17-19-22/h9-10H,2-8,11-18,20H2,1H3,(H,23,24)/b10-9-. The summed E-state index contributed by atoms with van der Waals surface area (Å²) in [4.78, 5) is 11.4. The fourth-order valence-corrected chi connectivity index (χ4v) is 2.70. The van der Waals surface area contributed by atoms with Crippen molar-refractivity contribution in [3.05, 3.63) is 12.2 Å². The molecule has 24 heavy (non-hydrogen) atoms. The zero-order valence-electron chi connectivity index (χ0n) is 15.8. The molecule has 0 aliphatic rings. The van der Waals surface area contributed by atoms with Crippen LogP contribution in [0.5, 0.6) is 0 Å². The number of carbonyl (C=O) groups excluding carboxylic acids is 1. The van der Waals surface area contributed by atoms with Gasteiger partial charge in [0.1, 0.15) is 0 Å². The lowest BCUT2D eigenvalue weighted by molar-refractivity contribution is -0.121. The Morgan fingerprint density at radius 2 is 1.42 bits per heavy atom. The van der Waals surface area contributed by atoms with Gasteiger partial charge in [0.05, 0.1) is 12.5 Å². The van der Waals surface area contributed by atoms with Crippen LogP contribution in [0.3, 0.4) is 0 Å². The molecule has 0 bridgehead atoms. The van der Waals surface area contributed by atoms with E-state index in [1.54, 1.807) is 0 Å². The molecule has 0 spiro atoms. The second-order valence-corrected chi connectivity index (χ2v) is 6.59. The third-order valence-corrected chi connectivity index (χ3v) is 4.22. The highest BCUT2D eigenvalue weighted by molar-refractivity contribution is 5.75. The number of unbranched alkanes of at least 4 members (excludes halogenated alkanes) is 11. The number of nitrogens with zero attached hydrogens (tertiary/aromatic N) is 1. The van der Waals surface area contributed by atoms with Crippen LogP contribution < -0.4 is 5.32 Å². The molecule has 3 heteroatoms. The summed E-state index contributed by atoms with van der Waals surface area (Å²) < 4.78 is 0. The number of amides is 1. The Balaban J connectivity index is 3.18. The summed E-state index contributed by atoms with van der Waals surface area (Å²) in [6, 6.07) is 2.02. The highest BCUT2D eigenvalue weighted by atomic mass is 16.1. The summed E-state index contributed by atoms with van der Waals surface area (Å²) in [5.74, 6) is 0.0860. The molecule has 0 heterocycles. The number of hydrogen-bond donors (Lipinski definition) is 1. The van der Waals surface area contributed by atoms with Gasteiger partial charge in [-0.05, 0) is 32.1 Å². The molecule has 0 unspecified atom stereocenters. The van der Waals surface area contributed by atoms with E-state index >= 15 is 0 Å². The minimum atomic E-state index is 0.0860. The fourth-order valence-electron chi connectivity index (χ4n) is 2.70. The van der Waals surface area contributed by atoms with E-state index in [-0.39, 0.29) is 5.91 Å². The number of hydrogen-bond acceptors (Lipinski definition) is 2. The molecule has 0 aliphatic carbocycles. The predicted octanol–water partition coefficient (Wildman–Crippen LogP) is 6.05. The highest BCUT2D eigenvalue weighted by Crippen LogP contribution is 2.09. The van der Waals surface area contributed by atoms with Gasteiger partial charge in [-0.25, -0.2) is 0 Å². The van der Waals surface area contributed by atoms with E-state index in [1.807, 2.05) is 6.07 Å². The van der Waals surface area contributed by atoms with Gasteiger partial charge >= 0.3 is 0 Å². The summed E-state index contributed by atoms with van der Waals surface area (Å²) in [6.07, 6.45) is 22.2. The summed E-state index contributed by atoms with van der Waals surface area (Å²) in [6.45, 7) is 2.75. The monoisotopic (exact) mass is 334 g/mol. The molecule has 0 aromatic carbocycles. The predicted molar refractivity (Wildman–Crippen MR) is 103 cm³/mol. The SMILES string of the molecule is CCCCCCCC/C=C\CCCCCCCC(=O)NCCC#N. The van der Waals surface area contributed by atoms with Gasteiger partial charge in [-0.3, -0.25) is 4.79 Å². The minimum absolute atomic E-state index is 0.0860. The molecule has 0 aliphatic heterocycles. The molecule has 0 fully saturated rings. The van der Waals surface area contributed by atoms with E-state index in [1.165, 1.54) is 70.6 Å². The highest BCUT2D eigenvalue weighted by Gasteiger charge is 1.99. The van der Waals surface area contributed by atoms with Crippen LogP contribution in [-0.2, 0) is 4.79 Å². The smallest absolute Gasteiger partial charge is 0.220 e. The Bertz CT molecular complexity index is 344. The average molecular weight is 335 g/mol. The van der Waals surface area contributed by atoms with E-state index < -0.39 is 0 Å². The molecule has 0 aromatic heterocycles. The largest absolute Gasteiger partial charge is 0.355 e. The molecule has 0 aromatic rings. The number of nitrogens with one attached hydrogen (secondary N) is 1. The van der Waals surface area contributed by atoms with Crippen LogP contribution in [0.1, 0.15) is 103 Å². The van der Waals surface area contributed by atoms with Gasteiger partial charge in [0, 0.05) is 13.0 Å². The summed E-state index contributed by atoms with van der Waals surface area (Å²) in [5, 5.41) is 11.2. The van der Waals surface area contributed by atoms with Crippen molar-refractivity contribution in [2.45, 2.75) is 103 Å². The molecule has 0 saturated carbocycles. The van der Waals surface area contributed by atoms with Gasteiger partial charge in [0.2, 0.25) is 5.91 Å². The fraction of sp³-hybridized carbons (Fsp3) is 0.810. The van der Waals surface area contributed by atoms with E-state index in [4.69, 9.17) is 5.26 Å². The second-order valence-electron chi connectivity index (χ2n) is 6.59. The molecular formula is C21H38N2O. The lowest BCUT2D eigenvalue weighted by atomic mass is 10.1. The van der Waals surface area contributed by atoms with Crippen molar-refractivity contribution in [1.82, 2.24) is 5.32 Å². The van der Waals surface area contributed by atoms with Crippen LogP contribution in [0.15, 0.2) is 12.2 Å². The first-order valence-corrected chi connectivity index (χ1v) is 10.1. The first kappa shape index (κ1) is 22.7. The van der Waals surface area contributed by atoms with Crippen LogP contribution in [0.2, 0.25) is 0 Å². The van der Waals surface area contributed by atoms with Crippen LogP contribution >= 0.6 is 0 Å². The Morgan fingerprint density at radius 3 is 2.00 bits per heavy atom. The van der Waals surface area contributed by atoms with Gasteiger partial charge in [-0.15, -0.1) is 0 Å². The second kappa shape index (κ2) is 19.7. The Morgan fingerprint density at radius 1 is 0.875 bits per heavy atom. The summed E-state index contributed by atoms with van der Waals surface area (Å²) in [7, 11) is 0. The first-order valence-electron chi connectivity index (χ1n) is 10.1. The quantitative estimate of drug-likeness (QED) is 0.260. The molecule has 1 amide bonds. The maximum absolute atomic E-state index is 11.4. The minimum Gasteiger partial charge on any atom is -0.355 e. The molecule has 0 saturated heterocycles. The van der Waals surface area contributed by atoms with E-state index in [2.05, 4.69) is 24.4 Å². The molecule has 0 radical (unpaired) electrons. The Kier molecular flexibility index (Phi) is 18.7. The first-order chi connectivity index (χ1) is 11.8. The third-order valence-electron chi connectivity index (χ3n) is 4.22. The van der Waals surface area contributed by atoms with Crippen LogP contribution in [0, 0.1) is 11.3 Å². The van der Waals surface area contributed by atoms with Crippen molar-refractivity contribution in [2.24, 2.45) is 0 Å². The van der Waals surface area contributed by atoms with Crippen molar-refractivity contribution in [3.8, 4) is 6.07 Å². The van der Waals surface area contributed by atoms with Gasteiger partial charge in [0.25, 0.3) is 0 Å². The molecule has 1 N–H and O–H groups in total. The van der Waals surface area contributed by atoms with Gasteiger partial charge in [-0.1, -0.05) is 70.4 Å². The summed E-state index contributed by atoms with van der Waals surface area (Å²) >= 11 is 0. The lowest BCUT2D eigenvalue weighted by Gasteiger charge is -2.02. The molecule has 138 valence electrons. The Hall–Kier alpha value is -1.30. The third kappa shape index (κ3) is 18.7. The van der Waals surface area contributed by atoms with E-state index in [0.29, 0.717) is 19.4 Å². The maximum Gasteiger partial charge on any atom is 0.220 e.